The molecule has 2 N–H and O–H groups in total. The largest absolute Gasteiger partial charge is 0.337 e. The van der Waals surface area contributed by atoms with Crippen molar-refractivity contribution in [3.8, 4) is 0 Å². The van der Waals surface area contributed by atoms with Gasteiger partial charge in [-0.3, -0.25) is 5.32 Å². The molecule has 0 unspecified atom stereocenters. The van der Waals surface area contributed by atoms with Gasteiger partial charge in [0, 0.05) is 30.4 Å². The molecule has 2 aliphatic carbocycles. The Hall–Kier alpha value is -2.44. The number of nitrogens with one attached hydrogen (secondary N) is 2. The maximum Gasteiger partial charge on any atom is 0.320 e. The van der Waals surface area contributed by atoms with Crippen LogP contribution < -0.4 is 10.6 Å². The van der Waals surface area contributed by atoms with Crippen LogP contribution in [0.25, 0.3) is 0 Å². The molecular weight excluding hydrogens is 340 g/mol. The molecule has 7 heteroatoms. The highest BCUT2D eigenvalue weighted by atomic mass is 16.2. The highest BCUT2D eigenvalue weighted by molar-refractivity contribution is 5.88. The lowest BCUT2D eigenvalue weighted by atomic mass is 10.2. The Morgan fingerprint density at radius 2 is 2.00 bits per heavy atom. The molecule has 0 aromatic carbocycles. The van der Waals surface area contributed by atoms with E-state index in [1.807, 2.05) is 17.7 Å². The van der Waals surface area contributed by atoms with Gasteiger partial charge in [-0.05, 0) is 51.5 Å². The van der Waals surface area contributed by atoms with Gasteiger partial charge >= 0.3 is 6.03 Å². The molecule has 4 rings (SSSR count). The molecule has 0 saturated heterocycles. The van der Waals surface area contributed by atoms with Crippen molar-refractivity contribution in [2.24, 2.45) is 0 Å². The van der Waals surface area contributed by atoms with E-state index in [0.717, 1.165) is 48.7 Å². The first-order chi connectivity index (χ1) is 13.1. The molecule has 0 atom stereocenters. The van der Waals surface area contributed by atoms with Gasteiger partial charge in [0.25, 0.3) is 0 Å². The van der Waals surface area contributed by atoms with E-state index in [2.05, 4.69) is 32.6 Å². The first kappa shape index (κ1) is 17.9. The summed E-state index contributed by atoms with van der Waals surface area (Å²) in [7, 11) is 0. The highest BCUT2D eigenvalue weighted by Crippen LogP contribution is 2.31. The summed E-state index contributed by atoms with van der Waals surface area (Å²) < 4.78 is 1.98. The number of carbonyl (C=O) groups is 1. The van der Waals surface area contributed by atoms with E-state index in [-0.39, 0.29) is 6.03 Å². The van der Waals surface area contributed by atoms with Crippen LogP contribution in [0.5, 0.6) is 0 Å². The summed E-state index contributed by atoms with van der Waals surface area (Å²) >= 11 is 0. The van der Waals surface area contributed by atoms with E-state index in [0.29, 0.717) is 19.0 Å². The molecule has 2 aromatic rings. The molecule has 0 radical (unpaired) electrons. The number of anilines is 1. The minimum absolute atomic E-state index is 0.202. The SMILES string of the molecule is Cc1cc(NC(=O)NCCc2nc(C)c3c(n2)CCC3)n(C2CCCC2)n1. The topological polar surface area (TPSA) is 84.7 Å². The standard InChI is InChI=1S/C20H28N6O/c1-13-12-19(26(25-13)15-6-3-4-7-15)24-20(27)21-11-10-18-22-14(2)16-8-5-9-17(16)23-18/h12,15H,3-11H2,1-2H3,(H2,21,24,27). The normalized spacial score (nSPS) is 16.5. The van der Waals surface area contributed by atoms with Crippen LogP contribution in [0, 0.1) is 13.8 Å². The Morgan fingerprint density at radius 1 is 1.19 bits per heavy atom. The number of hydrogen-bond donors (Lipinski definition) is 2. The lowest BCUT2D eigenvalue weighted by Gasteiger charge is -2.15. The molecule has 2 amide bonds. The van der Waals surface area contributed by atoms with Gasteiger partial charge < -0.3 is 5.32 Å². The van der Waals surface area contributed by atoms with Crippen LogP contribution in [0.15, 0.2) is 6.07 Å². The van der Waals surface area contributed by atoms with Crippen LogP contribution in [0.2, 0.25) is 0 Å². The average molecular weight is 368 g/mol. The van der Waals surface area contributed by atoms with Gasteiger partial charge in [-0.1, -0.05) is 12.8 Å². The number of rotatable bonds is 5. The second kappa shape index (κ2) is 7.66. The zero-order valence-electron chi connectivity index (χ0n) is 16.2. The van der Waals surface area contributed by atoms with E-state index in [1.54, 1.807) is 0 Å². The molecule has 1 saturated carbocycles. The van der Waals surface area contributed by atoms with E-state index in [9.17, 15) is 4.79 Å². The van der Waals surface area contributed by atoms with Crippen LogP contribution in [0.3, 0.4) is 0 Å². The van der Waals surface area contributed by atoms with E-state index in [4.69, 9.17) is 0 Å². The molecule has 7 nitrogen and oxygen atoms in total. The molecule has 0 aliphatic heterocycles. The zero-order valence-corrected chi connectivity index (χ0v) is 16.2. The summed E-state index contributed by atoms with van der Waals surface area (Å²) in [5, 5.41) is 10.5. The number of hydrogen-bond acceptors (Lipinski definition) is 4. The van der Waals surface area contributed by atoms with Crippen molar-refractivity contribution in [3.05, 3.63) is 34.5 Å². The zero-order chi connectivity index (χ0) is 18.8. The Balaban J connectivity index is 1.32. The molecule has 27 heavy (non-hydrogen) atoms. The molecule has 2 aromatic heterocycles. The lowest BCUT2D eigenvalue weighted by molar-refractivity contribution is 0.252. The fourth-order valence-corrected chi connectivity index (χ4v) is 4.28. The molecular formula is C20H28N6O. The van der Waals surface area contributed by atoms with Crippen molar-refractivity contribution < 1.29 is 4.79 Å². The molecule has 1 fully saturated rings. The first-order valence-corrected chi connectivity index (χ1v) is 10.1. The van der Waals surface area contributed by atoms with Crippen molar-refractivity contribution in [2.75, 3.05) is 11.9 Å². The minimum atomic E-state index is -0.202. The Bertz CT molecular complexity index is 837. The molecule has 144 valence electrons. The summed E-state index contributed by atoms with van der Waals surface area (Å²) in [5.74, 6) is 1.60. The fraction of sp³-hybridized carbons (Fsp3) is 0.600. The van der Waals surface area contributed by atoms with Crippen LogP contribution in [0.4, 0.5) is 10.6 Å². The lowest BCUT2D eigenvalue weighted by Crippen LogP contribution is -2.32. The maximum atomic E-state index is 12.3. The number of amides is 2. The number of fused-ring (bicyclic) bond motifs is 1. The summed E-state index contributed by atoms with van der Waals surface area (Å²) in [5.41, 5.74) is 4.53. The van der Waals surface area contributed by atoms with Gasteiger partial charge in [-0.25, -0.2) is 19.4 Å². The number of carbonyl (C=O) groups excluding carboxylic acids is 1. The van der Waals surface area contributed by atoms with E-state index >= 15 is 0 Å². The van der Waals surface area contributed by atoms with E-state index < -0.39 is 0 Å². The van der Waals surface area contributed by atoms with E-state index in [1.165, 1.54) is 30.5 Å². The van der Waals surface area contributed by atoms with Gasteiger partial charge in [0.15, 0.2) is 0 Å². The summed E-state index contributed by atoms with van der Waals surface area (Å²) in [6.45, 7) is 4.53. The first-order valence-electron chi connectivity index (χ1n) is 10.1. The monoisotopic (exact) mass is 368 g/mol. The number of nitrogens with zero attached hydrogens (tertiary/aromatic N) is 4. The summed E-state index contributed by atoms with van der Waals surface area (Å²) in [6.07, 6.45) is 8.68. The van der Waals surface area contributed by atoms with Gasteiger partial charge in [-0.2, -0.15) is 5.10 Å². The number of urea groups is 1. The van der Waals surface area contributed by atoms with Gasteiger partial charge in [0.1, 0.15) is 11.6 Å². The molecule has 0 spiro atoms. The van der Waals surface area contributed by atoms with Crippen molar-refractivity contribution in [3.63, 3.8) is 0 Å². The third-order valence-corrected chi connectivity index (χ3v) is 5.59. The Kier molecular flexibility index (Phi) is 5.09. The van der Waals surface area contributed by atoms with Crippen LogP contribution in [-0.2, 0) is 19.3 Å². The van der Waals surface area contributed by atoms with Gasteiger partial charge in [-0.15, -0.1) is 0 Å². The second-order valence-electron chi connectivity index (χ2n) is 7.69. The third kappa shape index (κ3) is 3.96. The van der Waals surface area contributed by atoms with Crippen LogP contribution >= 0.6 is 0 Å². The predicted molar refractivity (Wildman–Crippen MR) is 104 cm³/mol. The van der Waals surface area contributed by atoms with Crippen LogP contribution in [-0.4, -0.2) is 32.3 Å². The maximum absolute atomic E-state index is 12.3. The quantitative estimate of drug-likeness (QED) is 0.848. The van der Waals surface area contributed by atoms with Crippen molar-refractivity contribution in [1.29, 1.82) is 0 Å². The second-order valence-corrected chi connectivity index (χ2v) is 7.69. The third-order valence-electron chi connectivity index (χ3n) is 5.59. The summed E-state index contributed by atoms with van der Waals surface area (Å²) in [4.78, 5) is 21.6. The minimum Gasteiger partial charge on any atom is -0.337 e. The van der Waals surface area contributed by atoms with Crippen molar-refractivity contribution in [2.45, 2.75) is 71.3 Å². The fourth-order valence-electron chi connectivity index (χ4n) is 4.28. The molecule has 2 aliphatic rings. The smallest absolute Gasteiger partial charge is 0.320 e. The summed E-state index contributed by atoms with van der Waals surface area (Å²) in [6, 6.07) is 2.13. The van der Waals surface area contributed by atoms with Crippen molar-refractivity contribution >= 4 is 11.8 Å². The van der Waals surface area contributed by atoms with Gasteiger partial charge in [0.05, 0.1) is 11.7 Å². The highest BCUT2D eigenvalue weighted by Gasteiger charge is 2.21. The number of aryl methyl sites for hydroxylation is 3. The average Bonchev–Trinajstić information content (AvgIpc) is 3.35. The Labute approximate surface area is 160 Å². The molecule has 0 bridgehead atoms. The molecule has 2 heterocycles. The Morgan fingerprint density at radius 3 is 2.81 bits per heavy atom. The number of aromatic nitrogens is 4. The predicted octanol–water partition coefficient (Wildman–Crippen LogP) is 3.26. The van der Waals surface area contributed by atoms with Gasteiger partial charge in [0.2, 0.25) is 0 Å². The van der Waals surface area contributed by atoms with Crippen molar-refractivity contribution in [1.82, 2.24) is 25.1 Å². The van der Waals surface area contributed by atoms with Crippen LogP contribution in [0.1, 0.15) is 66.6 Å².